The molecule has 1 aliphatic heterocycles. The molecule has 1 atom stereocenters. The van der Waals surface area contributed by atoms with Crippen molar-refractivity contribution in [2.45, 2.75) is 45.2 Å². The van der Waals surface area contributed by atoms with Crippen LogP contribution in [-0.2, 0) is 14.6 Å². The zero-order valence-corrected chi connectivity index (χ0v) is 12.3. The van der Waals surface area contributed by atoms with Gasteiger partial charge in [0, 0.05) is 31.3 Å². The van der Waals surface area contributed by atoms with Crippen molar-refractivity contribution in [3.8, 4) is 0 Å². The normalized spacial score (nSPS) is 20.3. The van der Waals surface area contributed by atoms with Crippen LogP contribution in [0, 0.1) is 0 Å². The summed E-state index contributed by atoms with van der Waals surface area (Å²) in [6, 6.07) is 0.467. The molecule has 1 rings (SSSR count). The Balaban J connectivity index is 2.52. The van der Waals surface area contributed by atoms with E-state index in [-0.39, 0.29) is 24.1 Å². The van der Waals surface area contributed by atoms with Gasteiger partial charge in [-0.15, -0.1) is 0 Å². The van der Waals surface area contributed by atoms with E-state index < -0.39 is 9.84 Å². The summed E-state index contributed by atoms with van der Waals surface area (Å²) in [4.78, 5) is 13.8. The lowest BCUT2D eigenvalue weighted by Gasteiger charge is -2.29. The Hall–Kier alpha value is -0.620. The molecular formula is C12H24N2O3S. The molecule has 0 aliphatic carbocycles. The van der Waals surface area contributed by atoms with Crippen molar-refractivity contribution in [2.24, 2.45) is 0 Å². The average Bonchev–Trinajstić information content (AvgIpc) is 2.73. The van der Waals surface area contributed by atoms with Gasteiger partial charge < -0.3 is 10.2 Å². The Morgan fingerprint density at radius 3 is 2.56 bits per heavy atom. The number of nitrogens with zero attached hydrogens (tertiary/aromatic N) is 1. The molecule has 18 heavy (non-hydrogen) atoms. The van der Waals surface area contributed by atoms with Crippen LogP contribution < -0.4 is 5.32 Å². The van der Waals surface area contributed by atoms with Gasteiger partial charge in [0.2, 0.25) is 5.91 Å². The highest BCUT2D eigenvalue weighted by molar-refractivity contribution is 7.90. The topological polar surface area (TPSA) is 66.5 Å². The van der Waals surface area contributed by atoms with Crippen LogP contribution in [0.15, 0.2) is 0 Å². The summed E-state index contributed by atoms with van der Waals surface area (Å²) >= 11 is 0. The summed E-state index contributed by atoms with van der Waals surface area (Å²) in [5.74, 6) is -0.128. The summed E-state index contributed by atoms with van der Waals surface area (Å²) in [6.45, 7) is 5.62. The highest BCUT2D eigenvalue weighted by atomic mass is 32.2. The highest BCUT2D eigenvalue weighted by Gasteiger charge is 2.23. The molecule has 1 saturated heterocycles. The lowest BCUT2D eigenvalue weighted by atomic mass is 10.2. The Bertz CT molecular complexity index is 373. The minimum absolute atomic E-state index is 0.0624. The molecule has 0 aromatic heterocycles. The largest absolute Gasteiger partial charge is 0.339 e. The first-order valence-corrected chi connectivity index (χ1v) is 8.56. The molecule has 1 unspecified atom stereocenters. The van der Waals surface area contributed by atoms with E-state index in [0.717, 1.165) is 19.4 Å². The Morgan fingerprint density at radius 2 is 2.11 bits per heavy atom. The number of carbonyl (C=O) groups is 1. The lowest BCUT2D eigenvalue weighted by Crippen LogP contribution is -2.45. The molecule has 1 amide bonds. The fraction of sp³-hybridized carbons (Fsp3) is 0.917. The SMILES string of the molecule is CC(C)N(CC1CCCN1)C(=O)CCS(C)(=O)=O. The van der Waals surface area contributed by atoms with Gasteiger partial charge in [-0.2, -0.15) is 0 Å². The second-order valence-electron chi connectivity index (χ2n) is 5.31. The van der Waals surface area contributed by atoms with Crippen molar-refractivity contribution in [3.05, 3.63) is 0 Å². The minimum Gasteiger partial charge on any atom is -0.339 e. The van der Waals surface area contributed by atoms with Gasteiger partial charge in [-0.1, -0.05) is 0 Å². The zero-order valence-electron chi connectivity index (χ0n) is 11.5. The van der Waals surface area contributed by atoms with Crippen LogP contribution in [0.4, 0.5) is 0 Å². The van der Waals surface area contributed by atoms with Crippen molar-refractivity contribution in [2.75, 3.05) is 25.1 Å². The summed E-state index contributed by atoms with van der Waals surface area (Å²) in [5, 5.41) is 3.36. The van der Waals surface area contributed by atoms with Crippen LogP contribution in [0.1, 0.15) is 33.1 Å². The number of rotatable bonds is 6. The number of hydrogen-bond acceptors (Lipinski definition) is 4. The molecule has 1 heterocycles. The first-order chi connectivity index (χ1) is 8.29. The van der Waals surface area contributed by atoms with E-state index in [1.165, 1.54) is 6.26 Å². The molecule has 1 fully saturated rings. The predicted octanol–water partition coefficient (Wildman–Crippen LogP) is 0.410. The van der Waals surface area contributed by atoms with Gasteiger partial charge in [0.05, 0.1) is 5.75 Å². The third kappa shape index (κ3) is 5.35. The van der Waals surface area contributed by atoms with Crippen molar-refractivity contribution >= 4 is 15.7 Å². The van der Waals surface area contributed by atoms with Crippen molar-refractivity contribution in [3.63, 3.8) is 0 Å². The summed E-state index contributed by atoms with van der Waals surface area (Å²) in [7, 11) is -3.07. The lowest BCUT2D eigenvalue weighted by molar-refractivity contribution is -0.132. The summed E-state index contributed by atoms with van der Waals surface area (Å²) in [6.07, 6.45) is 3.49. The Labute approximate surface area is 110 Å². The van der Waals surface area contributed by atoms with Crippen LogP contribution in [0.2, 0.25) is 0 Å². The first-order valence-electron chi connectivity index (χ1n) is 6.50. The Morgan fingerprint density at radius 1 is 1.44 bits per heavy atom. The van der Waals surface area contributed by atoms with Gasteiger partial charge >= 0.3 is 0 Å². The maximum absolute atomic E-state index is 12.1. The standard InChI is InChI=1S/C12H24N2O3S/c1-10(2)14(9-11-5-4-7-13-11)12(15)6-8-18(3,16)17/h10-11,13H,4-9H2,1-3H3. The number of sulfone groups is 1. The van der Waals surface area contributed by atoms with E-state index in [9.17, 15) is 13.2 Å². The molecule has 0 spiro atoms. The third-order valence-electron chi connectivity index (χ3n) is 3.21. The fourth-order valence-corrected chi connectivity index (χ4v) is 2.71. The summed E-state index contributed by atoms with van der Waals surface area (Å²) < 4.78 is 22.2. The van der Waals surface area contributed by atoms with Gasteiger partial charge in [0.15, 0.2) is 0 Å². The van der Waals surface area contributed by atoms with Gasteiger partial charge in [-0.25, -0.2) is 8.42 Å². The Kier molecular flexibility index (Phi) is 5.59. The number of carbonyl (C=O) groups excluding carboxylic acids is 1. The van der Waals surface area contributed by atoms with E-state index in [1.54, 1.807) is 4.90 Å². The molecule has 1 aliphatic rings. The number of hydrogen-bond donors (Lipinski definition) is 1. The molecule has 0 bridgehead atoms. The van der Waals surface area contributed by atoms with E-state index in [4.69, 9.17) is 0 Å². The molecule has 6 heteroatoms. The van der Waals surface area contributed by atoms with E-state index in [0.29, 0.717) is 12.6 Å². The van der Waals surface area contributed by atoms with Gasteiger partial charge in [0.1, 0.15) is 9.84 Å². The molecule has 0 aromatic rings. The van der Waals surface area contributed by atoms with Crippen molar-refractivity contribution < 1.29 is 13.2 Å². The molecule has 0 radical (unpaired) electrons. The third-order valence-corrected chi connectivity index (χ3v) is 4.16. The van der Waals surface area contributed by atoms with Crippen LogP contribution in [-0.4, -0.2) is 56.4 Å². The monoisotopic (exact) mass is 276 g/mol. The van der Waals surface area contributed by atoms with E-state index >= 15 is 0 Å². The average molecular weight is 276 g/mol. The fourth-order valence-electron chi connectivity index (χ4n) is 2.17. The zero-order chi connectivity index (χ0) is 13.8. The molecule has 0 saturated carbocycles. The van der Waals surface area contributed by atoms with Crippen LogP contribution in [0.3, 0.4) is 0 Å². The van der Waals surface area contributed by atoms with Crippen LogP contribution >= 0.6 is 0 Å². The predicted molar refractivity (Wildman–Crippen MR) is 72.2 cm³/mol. The number of nitrogens with one attached hydrogen (secondary N) is 1. The first kappa shape index (κ1) is 15.4. The second kappa shape index (κ2) is 6.52. The van der Waals surface area contributed by atoms with Gasteiger partial charge in [-0.3, -0.25) is 4.79 Å². The van der Waals surface area contributed by atoms with E-state index in [1.807, 2.05) is 13.8 Å². The van der Waals surface area contributed by atoms with Gasteiger partial charge in [0.25, 0.3) is 0 Å². The molecule has 5 nitrogen and oxygen atoms in total. The van der Waals surface area contributed by atoms with Crippen molar-refractivity contribution in [1.82, 2.24) is 10.2 Å². The smallest absolute Gasteiger partial charge is 0.223 e. The van der Waals surface area contributed by atoms with Crippen molar-refractivity contribution in [1.29, 1.82) is 0 Å². The molecule has 106 valence electrons. The quantitative estimate of drug-likeness (QED) is 0.763. The highest BCUT2D eigenvalue weighted by Crippen LogP contribution is 2.11. The van der Waals surface area contributed by atoms with E-state index in [2.05, 4.69) is 5.32 Å². The molecular weight excluding hydrogens is 252 g/mol. The maximum atomic E-state index is 12.1. The van der Waals surface area contributed by atoms with Crippen LogP contribution in [0.25, 0.3) is 0 Å². The molecule has 1 N–H and O–H groups in total. The summed E-state index contributed by atoms with van der Waals surface area (Å²) in [5.41, 5.74) is 0. The minimum atomic E-state index is -3.07. The maximum Gasteiger partial charge on any atom is 0.223 e. The van der Waals surface area contributed by atoms with Crippen LogP contribution in [0.5, 0.6) is 0 Å². The van der Waals surface area contributed by atoms with Gasteiger partial charge in [-0.05, 0) is 33.2 Å². The number of amides is 1. The second-order valence-corrected chi connectivity index (χ2v) is 7.57. The molecule has 0 aromatic carbocycles.